The molecule has 10 heteroatoms. The predicted molar refractivity (Wildman–Crippen MR) is 147 cm³/mol. The number of para-hydroxylation sites is 1. The van der Waals surface area contributed by atoms with Crippen molar-refractivity contribution in [2.45, 2.75) is 37.1 Å². The standard InChI is InChI=1S/C29H31FN4O4S/c1-21-8-11-24(18-22(21)2)31-27(35)19-32-20-34(25-6-4-3-5-7-25)29(28(32)36)14-16-33(17-15-29)39(37,38)26-12-9-23(30)10-13-26/h3-13,18H,14-17,19-20H2,1-2H3,(H,31,35). The maximum Gasteiger partial charge on any atom is 0.250 e. The molecular weight excluding hydrogens is 519 g/mol. The van der Waals surface area contributed by atoms with Crippen molar-refractivity contribution >= 4 is 33.2 Å². The van der Waals surface area contributed by atoms with E-state index in [1.54, 1.807) is 0 Å². The minimum Gasteiger partial charge on any atom is -0.339 e. The van der Waals surface area contributed by atoms with E-state index in [0.29, 0.717) is 5.69 Å². The van der Waals surface area contributed by atoms with E-state index in [0.717, 1.165) is 28.9 Å². The van der Waals surface area contributed by atoms with E-state index in [4.69, 9.17) is 0 Å². The molecule has 3 aromatic rings. The van der Waals surface area contributed by atoms with E-state index in [1.807, 2.05) is 67.3 Å². The second-order valence-electron chi connectivity index (χ2n) is 10.1. The molecule has 3 aromatic carbocycles. The van der Waals surface area contributed by atoms with Crippen LogP contribution in [0, 0.1) is 19.7 Å². The number of hydrogen-bond donors (Lipinski definition) is 1. The maximum atomic E-state index is 13.9. The molecule has 2 aliphatic rings. The van der Waals surface area contributed by atoms with Crippen LogP contribution in [0.25, 0.3) is 0 Å². The Morgan fingerprint density at radius 3 is 2.26 bits per heavy atom. The minimum absolute atomic E-state index is 0.0159. The molecule has 0 atom stereocenters. The van der Waals surface area contributed by atoms with Crippen LogP contribution < -0.4 is 10.2 Å². The van der Waals surface area contributed by atoms with Crippen LogP contribution in [-0.4, -0.2) is 61.3 Å². The van der Waals surface area contributed by atoms with Crippen LogP contribution in [0.5, 0.6) is 0 Å². The van der Waals surface area contributed by atoms with E-state index in [-0.39, 0.29) is 55.9 Å². The van der Waals surface area contributed by atoms with Gasteiger partial charge in [0.2, 0.25) is 21.8 Å². The zero-order chi connectivity index (χ0) is 27.8. The van der Waals surface area contributed by atoms with Gasteiger partial charge < -0.3 is 15.1 Å². The number of piperidine rings is 1. The lowest BCUT2D eigenvalue weighted by molar-refractivity contribution is -0.136. The van der Waals surface area contributed by atoms with Gasteiger partial charge in [0.1, 0.15) is 17.9 Å². The molecule has 0 aromatic heterocycles. The molecule has 2 saturated heterocycles. The number of benzene rings is 3. The Balaban J connectivity index is 1.36. The quantitative estimate of drug-likeness (QED) is 0.503. The number of hydrogen-bond acceptors (Lipinski definition) is 5. The van der Waals surface area contributed by atoms with Gasteiger partial charge in [0.05, 0.1) is 11.6 Å². The summed E-state index contributed by atoms with van der Waals surface area (Å²) in [5, 5.41) is 2.89. The third-order valence-corrected chi connectivity index (χ3v) is 9.62. The van der Waals surface area contributed by atoms with Crippen LogP contribution in [0.4, 0.5) is 15.8 Å². The molecule has 0 aliphatic carbocycles. The highest BCUT2D eigenvalue weighted by atomic mass is 32.2. The largest absolute Gasteiger partial charge is 0.339 e. The van der Waals surface area contributed by atoms with Crippen LogP contribution in [0.1, 0.15) is 24.0 Å². The molecule has 0 radical (unpaired) electrons. The molecule has 1 spiro atoms. The molecule has 0 bridgehead atoms. The highest BCUT2D eigenvalue weighted by Gasteiger charge is 2.55. The van der Waals surface area contributed by atoms with E-state index >= 15 is 0 Å². The van der Waals surface area contributed by atoms with Crippen LogP contribution in [0.3, 0.4) is 0 Å². The van der Waals surface area contributed by atoms with Crippen molar-refractivity contribution in [3.63, 3.8) is 0 Å². The van der Waals surface area contributed by atoms with Crippen molar-refractivity contribution in [2.24, 2.45) is 0 Å². The zero-order valence-electron chi connectivity index (χ0n) is 21.9. The normalized spacial score (nSPS) is 17.6. The number of aryl methyl sites for hydroxylation is 2. The number of carbonyl (C=O) groups is 2. The highest BCUT2D eigenvalue weighted by Crippen LogP contribution is 2.40. The lowest BCUT2D eigenvalue weighted by Crippen LogP contribution is -2.57. The number of carbonyl (C=O) groups excluding carboxylic acids is 2. The van der Waals surface area contributed by atoms with E-state index in [1.165, 1.54) is 21.3 Å². The summed E-state index contributed by atoms with van der Waals surface area (Å²) in [4.78, 5) is 30.4. The average Bonchev–Trinajstić information content (AvgIpc) is 3.18. The average molecular weight is 551 g/mol. The van der Waals surface area contributed by atoms with Gasteiger partial charge in [-0.05, 0) is 86.3 Å². The first kappa shape index (κ1) is 26.8. The van der Waals surface area contributed by atoms with Crippen molar-refractivity contribution in [1.29, 1.82) is 0 Å². The number of rotatable bonds is 6. The van der Waals surface area contributed by atoms with Crippen molar-refractivity contribution in [3.05, 3.63) is 89.7 Å². The molecule has 2 heterocycles. The fourth-order valence-electron chi connectivity index (χ4n) is 5.37. The van der Waals surface area contributed by atoms with Crippen molar-refractivity contribution in [2.75, 3.05) is 36.5 Å². The van der Waals surface area contributed by atoms with Crippen molar-refractivity contribution < 1.29 is 22.4 Å². The number of nitrogens with zero attached hydrogens (tertiary/aromatic N) is 3. The Morgan fingerprint density at radius 2 is 1.62 bits per heavy atom. The Hall–Kier alpha value is -3.76. The number of sulfonamides is 1. The Morgan fingerprint density at radius 1 is 0.949 bits per heavy atom. The smallest absolute Gasteiger partial charge is 0.250 e. The van der Waals surface area contributed by atoms with Crippen molar-refractivity contribution in [3.8, 4) is 0 Å². The molecule has 5 rings (SSSR count). The summed E-state index contributed by atoms with van der Waals surface area (Å²) >= 11 is 0. The first-order valence-electron chi connectivity index (χ1n) is 12.8. The molecule has 39 heavy (non-hydrogen) atoms. The van der Waals surface area contributed by atoms with Gasteiger partial charge in [-0.25, -0.2) is 12.8 Å². The van der Waals surface area contributed by atoms with E-state index in [9.17, 15) is 22.4 Å². The molecule has 1 N–H and O–H groups in total. The summed E-state index contributed by atoms with van der Waals surface area (Å²) in [6.07, 6.45) is 0.521. The molecule has 8 nitrogen and oxygen atoms in total. The molecule has 2 aliphatic heterocycles. The third-order valence-electron chi connectivity index (χ3n) is 7.71. The van der Waals surface area contributed by atoms with Crippen LogP contribution in [-0.2, 0) is 19.6 Å². The number of halogens is 1. The van der Waals surface area contributed by atoms with Gasteiger partial charge in [0.15, 0.2) is 0 Å². The molecule has 2 fully saturated rings. The number of anilines is 2. The third kappa shape index (κ3) is 5.14. The summed E-state index contributed by atoms with van der Waals surface area (Å²) in [6.45, 7) is 4.31. The Kier molecular flexibility index (Phi) is 7.17. The first-order chi connectivity index (χ1) is 18.6. The van der Waals surface area contributed by atoms with Gasteiger partial charge in [0.25, 0.3) is 0 Å². The minimum atomic E-state index is -3.84. The second kappa shape index (κ2) is 10.4. The fraction of sp³-hybridized carbons (Fsp3) is 0.310. The topological polar surface area (TPSA) is 90.0 Å². The van der Waals surface area contributed by atoms with Crippen LogP contribution in [0.15, 0.2) is 77.7 Å². The van der Waals surface area contributed by atoms with Crippen LogP contribution in [0.2, 0.25) is 0 Å². The summed E-state index contributed by atoms with van der Waals surface area (Å²) in [7, 11) is -3.84. The molecule has 0 saturated carbocycles. The van der Waals surface area contributed by atoms with Gasteiger partial charge in [0, 0.05) is 24.5 Å². The Labute approximate surface area is 228 Å². The lowest BCUT2D eigenvalue weighted by atomic mass is 9.86. The fourth-order valence-corrected chi connectivity index (χ4v) is 6.81. The summed E-state index contributed by atoms with van der Waals surface area (Å²) in [5.41, 5.74) is 2.70. The first-order valence-corrected chi connectivity index (χ1v) is 14.3. The van der Waals surface area contributed by atoms with Gasteiger partial charge in [-0.3, -0.25) is 9.59 Å². The number of nitrogens with one attached hydrogen (secondary N) is 1. The highest BCUT2D eigenvalue weighted by molar-refractivity contribution is 7.89. The zero-order valence-corrected chi connectivity index (χ0v) is 22.7. The SMILES string of the molecule is Cc1ccc(NC(=O)CN2CN(c3ccccc3)C3(CCN(S(=O)(=O)c4ccc(F)cc4)CC3)C2=O)cc1C. The Bertz CT molecular complexity index is 1490. The van der Waals surface area contributed by atoms with Crippen molar-refractivity contribution in [1.82, 2.24) is 9.21 Å². The summed E-state index contributed by atoms with van der Waals surface area (Å²) in [6, 6.07) is 19.9. The molecule has 2 amide bonds. The van der Waals surface area contributed by atoms with Crippen LogP contribution >= 0.6 is 0 Å². The van der Waals surface area contributed by atoms with Gasteiger partial charge >= 0.3 is 0 Å². The summed E-state index contributed by atoms with van der Waals surface area (Å²) in [5.74, 6) is -1.00. The van der Waals surface area contributed by atoms with Gasteiger partial charge in [-0.15, -0.1) is 0 Å². The van der Waals surface area contributed by atoms with Gasteiger partial charge in [-0.2, -0.15) is 4.31 Å². The lowest BCUT2D eigenvalue weighted by Gasteiger charge is -2.42. The second-order valence-corrected chi connectivity index (χ2v) is 12.1. The summed E-state index contributed by atoms with van der Waals surface area (Å²) < 4.78 is 41.1. The van der Waals surface area contributed by atoms with E-state index in [2.05, 4.69) is 5.32 Å². The number of amides is 2. The van der Waals surface area contributed by atoms with Gasteiger partial charge in [-0.1, -0.05) is 24.3 Å². The van der Waals surface area contributed by atoms with E-state index < -0.39 is 21.4 Å². The predicted octanol–water partition coefficient (Wildman–Crippen LogP) is 3.91. The maximum absolute atomic E-state index is 13.9. The molecule has 204 valence electrons. The molecule has 0 unspecified atom stereocenters. The molecular formula is C29H31FN4O4S. The monoisotopic (exact) mass is 550 g/mol.